The van der Waals surface area contributed by atoms with Crippen molar-refractivity contribution in [2.45, 2.75) is 32.0 Å². The number of quaternary nitrogens is 1. The summed E-state index contributed by atoms with van der Waals surface area (Å²) >= 11 is 0. The second kappa shape index (κ2) is 7.30. The first-order chi connectivity index (χ1) is 7.75. The number of nitrogens with zero attached hydrogens (tertiary/aromatic N) is 1. The first kappa shape index (κ1) is 19.2. The molecule has 0 aromatic carbocycles. The third-order valence-corrected chi connectivity index (χ3v) is 1.77. The number of hydrogen-bond donors (Lipinski definition) is 4. The van der Waals surface area contributed by atoms with E-state index in [0.717, 1.165) is 0 Å². The Morgan fingerprint density at radius 3 is 1.78 bits per heavy atom. The van der Waals surface area contributed by atoms with Gasteiger partial charge in [-0.05, 0) is 13.8 Å². The predicted molar refractivity (Wildman–Crippen MR) is 66.7 cm³/mol. The molecule has 7 heteroatoms. The summed E-state index contributed by atoms with van der Waals surface area (Å²) in [6, 6.07) is 0. The van der Waals surface area contributed by atoms with E-state index in [1.807, 2.05) is 21.1 Å². The van der Waals surface area contributed by atoms with Crippen molar-refractivity contribution in [3.8, 4) is 0 Å². The van der Waals surface area contributed by atoms with Crippen LogP contribution in [0.1, 0.15) is 20.3 Å². The number of hydrogen-bond acceptors (Lipinski definition) is 4. The summed E-state index contributed by atoms with van der Waals surface area (Å²) in [4.78, 5) is 20.1. The van der Waals surface area contributed by atoms with Gasteiger partial charge in [-0.2, -0.15) is 0 Å². The molecule has 0 aliphatic heterocycles. The van der Waals surface area contributed by atoms with Crippen molar-refractivity contribution < 1.29 is 29.4 Å². The number of carboxylic acid groups (broad SMARTS) is 1. The molecule has 0 saturated carbocycles. The zero-order chi connectivity index (χ0) is 15.1. The molecule has 0 aromatic heterocycles. The van der Waals surface area contributed by atoms with Gasteiger partial charge in [-0.25, -0.2) is 0 Å². The number of aliphatic hydroxyl groups is 2. The molecule has 0 heterocycles. The molecule has 5 N–H and O–H groups in total. The Labute approximate surface area is 107 Å². The number of carbonyl (C=O) groups is 2. The Morgan fingerprint density at radius 2 is 1.61 bits per heavy atom. The lowest BCUT2D eigenvalue weighted by molar-refractivity contribution is -0.873. The number of primary amides is 1. The third kappa shape index (κ3) is 14.8. The van der Waals surface area contributed by atoms with Gasteiger partial charge in [0.2, 0.25) is 5.91 Å². The Bertz CT molecular complexity index is 278. The number of rotatable bonds is 5. The number of carboxylic acids is 1. The Balaban J connectivity index is 0. The predicted octanol–water partition coefficient (Wildman–Crippen LogP) is -1.23. The van der Waals surface area contributed by atoms with Crippen molar-refractivity contribution in [3.63, 3.8) is 0 Å². The smallest absolute Gasteiger partial charge is 0.306 e. The molecule has 0 radical (unpaired) electrons. The van der Waals surface area contributed by atoms with Gasteiger partial charge in [-0.15, -0.1) is 0 Å². The van der Waals surface area contributed by atoms with Gasteiger partial charge in [0.15, 0.2) is 0 Å². The molecule has 0 saturated heterocycles. The Hall–Kier alpha value is -1.18. The van der Waals surface area contributed by atoms with E-state index in [1.165, 1.54) is 13.8 Å². The third-order valence-electron chi connectivity index (χ3n) is 1.77. The van der Waals surface area contributed by atoms with Crippen LogP contribution in [0.4, 0.5) is 0 Å². The van der Waals surface area contributed by atoms with Crippen LogP contribution in [-0.4, -0.2) is 71.1 Å². The summed E-state index contributed by atoms with van der Waals surface area (Å²) in [5.74, 6) is -1.65. The molecular formula is C11H25N2O5+. The van der Waals surface area contributed by atoms with Gasteiger partial charge in [0.05, 0.1) is 27.6 Å². The molecule has 0 aliphatic carbocycles. The fraction of sp³-hybridized carbons (Fsp3) is 0.818. The maximum absolute atomic E-state index is 10.1. The molecule has 0 spiro atoms. The molecule has 0 bridgehead atoms. The number of amides is 1. The van der Waals surface area contributed by atoms with E-state index in [2.05, 4.69) is 5.73 Å². The molecule has 0 aliphatic rings. The average molecular weight is 265 g/mol. The van der Waals surface area contributed by atoms with Crippen LogP contribution in [0.25, 0.3) is 0 Å². The summed E-state index contributed by atoms with van der Waals surface area (Å²) in [6.45, 7) is 3.15. The lowest BCUT2D eigenvalue weighted by atomic mass is 10.1. The van der Waals surface area contributed by atoms with Crippen molar-refractivity contribution in [3.05, 3.63) is 0 Å². The Kier molecular flexibility index (Phi) is 7.77. The highest BCUT2D eigenvalue weighted by atomic mass is 16.4. The van der Waals surface area contributed by atoms with Crippen molar-refractivity contribution in [1.29, 1.82) is 0 Å². The van der Waals surface area contributed by atoms with Crippen molar-refractivity contribution >= 4 is 11.9 Å². The van der Waals surface area contributed by atoms with Crippen LogP contribution in [0.2, 0.25) is 0 Å². The van der Waals surface area contributed by atoms with Crippen LogP contribution in [0, 0.1) is 0 Å². The molecule has 0 aromatic rings. The summed E-state index contributed by atoms with van der Waals surface area (Å²) in [5, 5.41) is 26.1. The molecule has 1 atom stereocenters. The van der Waals surface area contributed by atoms with Crippen LogP contribution < -0.4 is 5.73 Å². The second-order valence-corrected chi connectivity index (χ2v) is 5.65. The molecule has 18 heavy (non-hydrogen) atoms. The van der Waals surface area contributed by atoms with Crippen molar-refractivity contribution in [2.24, 2.45) is 5.73 Å². The minimum absolute atomic E-state index is 0.171. The molecule has 0 rings (SSSR count). The van der Waals surface area contributed by atoms with E-state index in [1.54, 1.807) is 0 Å². The van der Waals surface area contributed by atoms with Crippen LogP contribution in [0.15, 0.2) is 0 Å². The van der Waals surface area contributed by atoms with Crippen molar-refractivity contribution in [1.82, 2.24) is 0 Å². The highest BCUT2D eigenvalue weighted by molar-refractivity contribution is 5.81. The van der Waals surface area contributed by atoms with Crippen LogP contribution in [-0.2, 0) is 9.59 Å². The van der Waals surface area contributed by atoms with E-state index < -0.39 is 23.6 Å². The van der Waals surface area contributed by atoms with Crippen LogP contribution in [0.3, 0.4) is 0 Å². The lowest BCUT2D eigenvalue weighted by Crippen LogP contribution is -2.42. The lowest BCUT2D eigenvalue weighted by Gasteiger charge is -2.25. The van der Waals surface area contributed by atoms with E-state index in [0.29, 0.717) is 11.0 Å². The first-order valence-corrected chi connectivity index (χ1v) is 5.48. The maximum Gasteiger partial charge on any atom is 0.306 e. The highest BCUT2D eigenvalue weighted by Gasteiger charge is 2.19. The number of nitrogens with two attached hydrogens (primary N) is 1. The minimum Gasteiger partial charge on any atom is -0.481 e. The van der Waals surface area contributed by atoms with E-state index in [4.69, 9.17) is 15.3 Å². The van der Waals surface area contributed by atoms with E-state index in [9.17, 15) is 9.59 Å². The van der Waals surface area contributed by atoms with Gasteiger partial charge in [0.25, 0.3) is 0 Å². The van der Waals surface area contributed by atoms with Gasteiger partial charge < -0.3 is 25.5 Å². The SMILES string of the molecule is CC(C)(O)C(N)=O.C[N+](C)(C)C[C@H](O)CC(=O)O. The number of aliphatic carboxylic acids is 1. The summed E-state index contributed by atoms with van der Waals surface area (Å²) in [5.41, 5.74) is 3.32. The Morgan fingerprint density at radius 1 is 1.28 bits per heavy atom. The molecule has 0 unspecified atom stereocenters. The molecule has 1 amide bonds. The number of carbonyl (C=O) groups excluding carboxylic acids is 1. The fourth-order valence-electron chi connectivity index (χ4n) is 0.898. The normalized spacial score (nSPS) is 13.3. The zero-order valence-electron chi connectivity index (χ0n) is 11.7. The summed E-state index contributed by atoms with van der Waals surface area (Å²) in [6.07, 6.45) is -0.914. The van der Waals surface area contributed by atoms with Gasteiger partial charge in [-0.1, -0.05) is 0 Å². The standard InChI is InChI=1S/C7H15NO3.C4H9NO2/c1-8(2,3)5-6(9)4-7(10)11;1-4(2,7)3(5)6/h6,9H,4-5H2,1-3H3;7H,1-2H3,(H2,5,6)/p+1/t6-;/m1./s1. The zero-order valence-corrected chi connectivity index (χ0v) is 11.7. The first-order valence-electron chi connectivity index (χ1n) is 5.48. The largest absolute Gasteiger partial charge is 0.481 e. The molecule has 108 valence electrons. The summed E-state index contributed by atoms with van der Waals surface area (Å²) < 4.78 is 0.578. The van der Waals surface area contributed by atoms with Gasteiger partial charge in [0, 0.05) is 0 Å². The van der Waals surface area contributed by atoms with Crippen molar-refractivity contribution in [2.75, 3.05) is 27.7 Å². The quantitative estimate of drug-likeness (QED) is 0.464. The van der Waals surface area contributed by atoms with E-state index in [-0.39, 0.29) is 6.42 Å². The molecule has 0 fully saturated rings. The molecular weight excluding hydrogens is 240 g/mol. The highest BCUT2D eigenvalue weighted by Crippen LogP contribution is 1.98. The number of aliphatic hydroxyl groups excluding tert-OH is 1. The van der Waals surface area contributed by atoms with Gasteiger partial charge in [-0.3, -0.25) is 9.59 Å². The molecule has 7 nitrogen and oxygen atoms in total. The summed E-state index contributed by atoms with van der Waals surface area (Å²) in [7, 11) is 5.72. The van der Waals surface area contributed by atoms with Gasteiger partial charge in [0.1, 0.15) is 18.2 Å². The topological polar surface area (TPSA) is 121 Å². The van der Waals surface area contributed by atoms with Crippen LogP contribution in [0.5, 0.6) is 0 Å². The van der Waals surface area contributed by atoms with E-state index >= 15 is 0 Å². The minimum atomic E-state index is -1.36. The fourth-order valence-corrected chi connectivity index (χ4v) is 0.898. The number of likely N-dealkylation sites (N-methyl/N-ethyl adjacent to an activating group) is 1. The second-order valence-electron chi connectivity index (χ2n) is 5.65. The van der Waals surface area contributed by atoms with Crippen LogP contribution >= 0.6 is 0 Å². The van der Waals surface area contributed by atoms with Gasteiger partial charge >= 0.3 is 5.97 Å². The maximum atomic E-state index is 10.1. The monoisotopic (exact) mass is 265 g/mol. The average Bonchev–Trinajstić information content (AvgIpc) is 1.96.